The largest absolute Gasteiger partial charge is 0.444 e. The molecule has 0 aliphatic carbocycles. The summed E-state index contributed by atoms with van der Waals surface area (Å²) in [6.07, 6.45) is -3.68. The van der Waals surface area contributed by atoms with Crippen LogP contribution < -0.4 is 10.6 Å². The van der Waals surface area contributed by atoms with E-state index in [2.05, 4.69) is 15.0 Å². The highest BCUT2D eigenvalue weighted by molar-refractivity contribution is 7.59. The van der Waals surface area contributed by atoms with E-state index in [1.165, 1.54) is 12.4 Å². The number of amides is 1. The Morgan fingerprint density at radius 2 is 1.86 bits per heavy atom. The molecule has 1 saturated heterocycles. The minimum Gasteiger partial charge on any atom is -0.444 e. The Balaban J connectivity index is 0.00000380. The predicted octanol–water partition coefficient (Wildman–Crippen LogP) is 5.50. The van der Waals surface area contributed by atoms with Crippen LogP contribution in [-0.2, 0) is 10.9 Å². The Morgan fingerprint density at radius 3 is 2.49 bits per heavy atom. The van der Waals surface area contributed by atoms with Gasteiger partial charge in [0.2, 0.25) is 0 Å². The first kappa shape index (κ1) is 28.6. The number of rotatable bonds is 2. The van der Waals surface area contributed by atoms with Gasteiger partial charge in [0.1, 0.15) is 23.6 Å². The maximum atomic E-state index is 13.6. The Bertz CT molecular complexity index is 1320. The minimum absolute atomic E-state index is 0. The second-order valence-corrected chi connectivity index (χ2v) is 10.1. The van der Waals surface area contributed by atoms with E-state index in [4.69, 9.17) is 22.1 Å². The van der Waals surface area contributed by atoms with Gasteiger partial charge in [-0.2, -0.15) is 26.7 Å². The zero-order valence-corrected chi connectivity index (χ0v) is 22.5. The van der Waals surface area contributed by atoms with E-state index < -0.39 is 17.3 Å². The standard InChI is InChI=1S/C24H26ClF3N6O2.H2S/c1-13-11-33(22(35)36-23(2,3)4)7-8-34(13)21-15-9-17(25)14(10-18(15)30-12-31-21)20-16(24(26,27)28)5-6-19(29)32-20;/h5-6,9-10,12-13H,7-8,11H2,1-4H3,(H2,29,32);1H2/t13-;/m0./s1. The van der Waals surface area contributed by atoms with Gasteiger partial charge in [-0.1, -0.05) is 11.6 Å². The molecule has 13 heteroatoms. The number of hydrogen-bond donors (Lipinski definition) is 1. The lowest BCUT2D eigenvalue weighted by atomic mass is 10.0. The minimum atomic E-state index is -4.64. The SMILES string of the molecule is C[C@H]1CN(C(=O)OC(C)(C)C)CCN1c1ncnc2cc(-c3nc(N)ccc3C(F)(F)F)c(Cl)cc12.S. The number of nitrogen functional groups attached to an aromatic ring is 1. The number of ether oxygens (including phenoxy) is 1. The van der Waals surface area contributed by atoms with Crippen molar-refractivity contribution in [3.8, 4) is 11.3 Å². The summed E-state index contributed by atoms with van der Waals surface area (Å²) in [4.78, 5) is 28.8. The lowest BCUT2D eigenvalue weighted by Gasteiger charge is -2.41. The molecule has 200 valence electrons. The third-order valence-electron chi connectivity index (χ3n) is 5.73. The van der Waals surface area contributed by atoms with E-state index in [0.29, 0.717) is 36.4 Å². The highest BCUT2D eigenvalue weighted by Crippen LogP contribution is 2.41. The predicted molar refractivity (Wildman–Crippen MR) is 142 cm³/mol. The molecule has 2 N–H and O–H groups in total. The molecule has 4 rings (SSSR count). The van der Waals surface area contributed by atoms with Gasteiger partial charge in [0.25, 0.3) is 0 Å². The van der Waals surface area contributed by atoms with Crippen LogP contribution in [-0.4, -0.2) is 57.2 Å². The normalized spacial score (nSPS) is 16.5. The molecule has 2 aromatic heterocycles. The van der Waals surface area contributed by atoms with Gasteiger partial charge in [0.05, 0.1) is 21.8 Å². The molecular weight excluding hydrogens is 529 g/mol. The van der Waals surface area contributed by atoms with Crippen molar-refractivity contribution < 1.29 is 22.7 Å². The first-order valence-corrected chi connectivity index (χ1v) is 11.7. The molecule has 1 aliphatic heterocycles. The molecular formula is C24H28ClF3N6O2S. The van der Waals surface area contributed by atoms with Crippen LogP contribution in [0.4, 0.5) is 29.6 Å². The van der Waals surface area contributed by atoms with Crippen LogP contribution in [0, 0.1) is 0 Å². The summed E-state index contributed by atoms with van der Waals surface area (Å²) in [5, 5.41) is 0.628. The molecule has 0 unspecified atom stereocenters. The number of carbonyl (C=O) groups is 1. The van der Waals surface area contributed by atoms with Gasteiger partial charge in [-0.05, 0) is 52.0 Å². The molecule has 1 aliphatic rings. The molecule has 0 bridgehead atoms. The quantitative estimate of drug-likeness (QED) is 0.445. The summed E-state index contributed by atoms with van der Waals surface area (Å²) < 4.78 is 46.4. The molecule has 1 fully saturated rings. The monoisotopic (exact) mass is 556 g/mol. The number of alkyl halides is 3. The summed E-state index contributed by atoms with van der Waals surface area (Å²) in [5.41, 5.74) is 4.24. The summed E-state index contributed by atoms with van der Waals surface area (Å²) in [7, 11) is 0. The number of pyridine rings is 1. The third-order valence-corrected chi connectivity index (χ3v) is 6.04. The highest BCUT2D eigenvalue weighted by atomic mass is 35.5. The molecule has 0 saturated carbocycles. The molecule has 37 heavy (non-hydrogen) atoms. The van der Waals surface area contributed by atoms with E-state index in [0.717, 1.165) is 12.1 Å². The third kappa shape index (κ3) is 6.12. The van der Waals surface area contributed by atoms with Gasteiger partial charge in [0.15, 0.2) is 0 Å². The molecule has 8 nitrogen and oxygen atoms in total. The first-order chi connectivity index (χ1) is 16.7. The van der Waals surface area contributed by atoms with Gasteiger partial charge in [-0.15, -0.1) is 0 Å². The summed E-state index contributed by atoms with van der Waals surface area (Å²) in [6, 6.07) is 4.87. The lowest BCUT2D eigenvalue weighted by molar-refractivity contribution is -0.137. The van der Waals surface area contributed by atoms with E-state index in [1.54, 1.807) is 11.0 Å². The van der Waals surface area contributed by atoms with E-state index in [-0.39, 0.29) is 47.7 Å². The number of benzene rings is 1. The number of carbonyl (C=O) groups excluding carboxylic acids is 1. The summed E-state index contributed by atoms with van der Waals surface area (Å²) in [5.74, 6) is 0.510. The van der Waals surface area contributed by atoms with E-state index in [9.17, 15) is 18.0 Å². The van der Waals surface area contributed by atoms with Crippen molar-refractivity contribution in [2.75, 3.05) is 30.3 Å². The Labute approximate surface area is 224 Å². The van der Waals surface area contributed by atoms with Crippen LogP contribution in [0.5, 0.6) is 0 Å². The lowest BCUT2D eigenvalue weighted by Crippen LogP contribution is -2.54. The van der Waals surface area contributed by atoms with Crippen LogP contribution in [0.2, 0.25) is 5.02 Å². The molecule has 3 aromatic rings. The molecule has 1 amide bonds. The van der Waals surface area contributed by atoms with Crippen molar-refractivity contribution in [1.29, 1.82) is 0 Å². The van der Waals surface area contributed by atoms with Crippen LogP contribution in [0.15, 0.2) is 30.6 Å². The zero-order chi connectivity index (χ0) is 26.4. The fraction of sp³-hybridized carbons (Fsp3) is 0.417. The van der Waals surface area contributed by atoms with Crippen molar-refractivity contribution in [3.05, 3.63) is 41.2 Å². The second-order valence-electron chi connectivity index (χ2n) is 9.65. The maximum absolute atomic E-state index is 13.6. The first-order valence-electron chi connectivity index (χ1n) is 11.3. The fourth-order valence-electron chi connectivity index (χ4n) is 4.15. The topological polar surface area (TPSA) is 97.5 Å². The van der Waals surface area contributed by atoms with Crippen LogP contribution >= 0.6 is 25.1 Å². The number of nitrogens with two attached hydrogens (primary N) is 1. The van der Waals surface area contributed by atoms with Crippen LogP contribution in [0.3, 0.4) is 0 Å². The molecule has 1 atom stereocenters. The van der Waals surface area contributed by atoms with Crippen molar-refractivity contribution in [3.63, 3.8) is 0 Å². The van der Waals surface area contributed by atoms with Gasteiger partial charge < -0.3 is 20.3 Å². The number of hydrogen-bond acceptors (Lipinski definition) is 7. The van der Waals surface area contributed by atoms with Crippen LogP contribution in [0.1, 0.15) is 33.3 Å². The number of fused-ring (bicyclic) bond motifs is 1. The molecule has 1 aromatic carbocycles. The van der Waals surface area contributed by atoms with Crippen molar-refractivity contribution in [1.82, 2.24) is 19.9 Å². The zero-order valence-electron chi connectivity index (χ0n) is 20.7. The van der Waals surface area contributed by atoms with Gasteiger partial charge in [-0.25, -0.2) is 19.7 Å². The van der Waals surface area contributed by atoms with Crippen molar-refractivity contribution >= 4 is 53.7 Å². The second kappa shape index (κ2) is 10.4. The van der Waals surface area contributed by atoms with E-state index in [1.807, 2.05) is 32.6 Å². The molecule has 3 heterocycles. The van der Waals surface area contributed by atoms with Crippen molar-refractivity contribution in [2.24, 2.45) is 0 Å². The maximum Gasteiger partial charge on any atom is 0.418 e. The number of anilines is 2. The molecule has 0 spiro atoms. The van der Waals surface area contributed by atoms with E-state index >= 15 is 0 Å². The Hall–Kier alpha value is -2.99. The molecule has 0 radical (unpaired) electrons. The smallest absolute Gasteiger partial charge is 0.418 e. The van der Waals surface area contributed by atoms with Gasteiger partial charge >= 0.3 is 12.3 Å². The Kier molecular flexibility index (Phi) is 8.04. The number of aromatic nitrogens is 3. The fourth-order valence-corrected chi connectivity index (χ4v) is 4.40. The van der Waals surface area contributed by atoms with Crippen LogP contribution in [0.25, 0.3) is 22.2 Å². The Morgan fingerprint density at radius 1 is 1.16 bits per heavy atom. The van der Waals surface area contributed by atoms with Gasteiger partial charge in [0, 0.05) is 36.6 Å². The highest BCUT2D eigenvalue weighted by Gasteiger charge is 2.36. The van der Waals surface area contributed by atoms with Crippen molar-refractivity contribution in [2.45, 2.75) is 45.5 Å². The number of halogens is 4. The summed E-state index contributed by atoms with van der Waals surface area (Å²) in [6.45, 7) is 8.69. The average molecular weight is 557 g/mol. The average Bonchev–Trinajstić information content (AvgIpc) is 2.76. The number of nitrogens with zero attached hydrogens (tertiary/aromatic N) is 5. The van der Waals surface area contributed by atoms with Gasteiger partial charge in [-0.3, -0.25) is 0 Å². The number of piperazine rings is 1. The summed E-state index contributed by atoms with van der Waals surface area (Å²) >= 11 is 6.49.